The fourth-order valence-corrected chi connectivity index (χ4v) is 1.32. The van der Waals surface area contributed by atoms with Crippen LogP contribution in [0.3, 0.4) is 0 Å². The highest BCUT2D eigenvalue weighted by Crippen LogP contribution is 2.09. The predicted molar refractivity (Wildman–Crippen MR) is 53.4 cm³/mol. The van der Waals surface area contributed by atoms with E-state index < -0.39 is 0 Å². The third-order valence-electron chi connectivity index (χ3n) is 2.22. The van der Waals surface area contributed by atoms with Gasteiger partial charge < -0.3 is 10.1 Å². The number of nitrogens with one attached hydrogen (secondary N) is 1. The van der Waals surface area contributed by atoms with E-state index in [1.807, 2.05) is 0 Å². The van der Waals surface area contributed by atoms with Gasteiger partial charge in [-0.1, -0.05) is 20.3 Å². The van der Waals surface area contributed by atoms with Gasteiger partial charge in [0.05, 0.1) is 0 Å². The monoisotopic (exact) mass is 173 g/mol. The number of ether oxygens (including phenoxy) is 1. The van der Waals surface area contributed by atoms with Crippen molar-refractivity contribution in [1.29, 1.82) is 0 Å². The zero-order valence-corrected chi connectivity index (χ0v) is 8.73. The summed E-state index contributed by atoms with van der Waals surface area (Å²) < 4.78 is 5.02. The molecule has 0 saturated heterocycles. The largest absolute Gasteiger partial charge is 0.385 e. The van der Waals surface area contributed by atoms with Gasteiger partial charge in [0.25, 0.3) is 0 Å². The lowest BCUT2D eigenvalue weighted by atomic mass is 10.0. The molecule has 0 aromatic heterocycles. The van der Waals surface area contributed by atoms with Gasteiger partial charge in [-0.25, -0.2) is 0 Å². The highest BCUT2D eigenvalue weighted by atomic mass is 16.5. The lowest BCUT2D eigenvalue weighted by Crippen LogP contribution is -2.22. The van der Waals surface area contributed by atoms with Crippen LogP contribution in [0.4, 0.5) is 0 Å². The summed E-state index contributed by atoms with van der Waals surface area (Å²) in [4.78, 5) is 0. The molecule has 0 bridgehead atoms. The predicted octanol–water partition coefficient (Wildman–Crippen LogP) is 2.05. The third kappa shape index (κ3) is 6.62. The smallest absolute Gasteiger partial charge is 0.0462 e. The summed E-state index contributed by atoms with van der Waals surface area (Å²) in [5.74, 6) is 0.833. The molecule has 1 atom stereocenters. The lowest BCUT2D eigenvalue weighted by molar-refractivity contribution is 0.186. The Morgan fingerprint density at radius 1 is 1.33 bits per heavy atom. The van der Waals surface area contributed by atoms with Crippen molar-refractivity contribution in [3.8, 4) is 0 Å². The van der Waals surface area contributed by atoms with Crippen molar-refractivity contribution in [1.82, 2.24) is 5.32 Å². The molecule has 0 radical (unpaired) electrons. The molecule has 2 nitrogen and oxygen atoms in total. The molecule has 0 aliphatic rings. The summed E-state index contributed by atoms with van der Waals surface area (Å²) in [6.07, 6.45) is 3.76. The molecule has 0 aliphatic heterocycles. The first-order valence-corrected chi connectivity index (χ1v) is 5.04. The van der Waals surface area contributed by atoms with E-state index in [2.05, 4.69) is 19.2 Å². The molecule has 1 unspecified atom stereocenters. The summed E-state index contributed by atoms with van der Waals surface area (Å²) in [5.41, 5.74) is 0. The molecule has 1 N–H and O–H groups in total. The molecule has 74 valence electrons. The van der Waals surface area contributed by atoms with Crippen LogP contribution < -0.4 is 5.32 Å². The van der Waals surface area contributed by atoms with Gasteiger partial charge in [0.1, 0.15) is 0 Å². The van der Waals surface area contributed by atoms with Crippen LogP contribution in [0.5, 0.6) is 0 Å². The summed E-state index contributed by atoms with van der Waals surface area (Å²) in [6.45, 7) is 7.57. The Morgan fingerprint density at radius 3 is 2.58 bits per heavy atom. The molecule has 0 aliphatic carbocycles. The molecule has 0 amide bonds. The van der Waals surface area contributed by atoms with Crippen molar-refractivity contribution in [2.45, 2.75) is 33.1 Å². The lowest BCUT2D eigenvalue weighted by Gasteiger charge is -2.14. The summed E-state index contributed by atoms with van der Waals surface area (Å²) in [6, 6.07) is 0. The van der Waals surface area contributed by atoms with Crippen LogP contribution in [0, 0.1) is 5.92 Å². The van der Waals surface area contributed by atoms with Gasteiger partial charge in [0.15, 0.2) is 0 Å². The molecule has 0 fully saturated rings. The number of methoxy groups -OCH3 is 1. The minimum Gasteiger partial charge on any atom is -0.385 e. The van der Waals surface area contributed by atoms with Crippen molar-refractivity contribution >= 4 is 0 Å². The fraction of sp³-hybridized carbons (Fsp3) is 1.00. The van der Waals surface area contributed by atoms with Crippen LogP contribution >= 0.6 is 0 Å². The van der Waals surface area contributed by atoms with Crippen LogP contribution in [-0.4, -0.2) is 26.8 Å². The average Bonchev–Trinajstić information content (AvgIpc) is 2.11. The van der Waals surface area contributed by atoms with Crippen LogP contribution in [0.2, 0.25) is 0 Å². The molecule has 12 heavy (non-hydrogen) atoms. The summed E-state index contributed by atoms with van der Waals surface area (Å²) in [7, 11) is 1.77. The van der Waals surface area contributed by atoms with Crippen LogP contribution in [0.15, 0.2) is 0 Å². The number of hydrogen-bond acceptors (Lipinski definition) is 2. The highest BCUT2D eigenvalue weighted by Gasteiger charge is 2.03. The maximum absolute atomic E-state index is 5.02. The van der Waals surface area contributed by atoms with E-state index in [-0.39, 0.29) is 0 Å². The van der Waals surface area contributed by atoms with E-state index in [0.717, 1.165) is 25.6 Å². The minimum atomic E-state index is 0.833. The maximum atomic E-state index is 5.02. The zero-order valence-electron chi connectivity index (χ0n) is 8.73. The van der Waals surface area contributed by atoms with Gasteiger partial charge in [-0.05, 0) is 31.8 Å². The molecule has 0 aromatic rings. The van der Waals surface area contributed by atoms with Gasteiger partial charge in [0.2, 0.25) is 0 Å². The Bertz CT molecular complexity index is 85.9. The quantitative estimate of drug-likeness (QED) is 0.567. The number of hydrogen-bond donors (Lipinski definition) is 1. The van der Waals surface area contributed by atoms with E-state index in [1.165, 1.54) is 19.3 Å². The second kappa shape index (κ2) is 9.01. The second-order valence-electron chi connectivity index (χ2n) is 3.22. The standard InChI is InChI=1S/C10H23NO/c1-4-10(9-11-5-2)7-6-8-12-3/h10-11H,4-9H2,1-3H3. The van der Waals surface area contributed by atoms with Crippen molar-refractivity contribution in [3.63, 3.8) is 0 Å². The fourth-order valence-electron chi connectivity index (χ4n) is 1.32. The molecule has 2 heteroatoms. The molecular formula is C10H23NO. The Morgan fingerprint density at radius 2 is 2.08 bits per heavy atom. The van der Waals surface area contributed by atoms with Crippen LogP contribution in [0.25, 0.3) is 0 Å². The second-order valence-corrected chi connectivity index (χ2v) is 3.22. The van der Waals surface area contributed by atoms with Crippen LogP contribution in [0.1, 0.15) is 33.1 Å². The van der Waals surface area contributed by atoms with Gasteiger partial charge in [-0.15, -0.1) is 0 Å². The van der Waals surface area contributed by atoms with Gasteiger partial charge in [-0.3, -0.25) is 0 Å². The third-order valence-corrected chi connectivity index (χ3v) is 2.22. The van der Waals surface area contributed by atoms with E-state index >= 15 is 0 Å². The van der Waals surface area contributed by atoms with Gasteiger partial charge >= 0.3 is 0 Å². The first-order chi connectivity index (χ1) is 5.85. The van der Waals surface area contributed by atoms with Crippen molar-refractivity contribution in [2.24, 2.45) is 5.92 Å². The number of rotatable bonds is 8. The van der Waals surface area contributed by atoms with E-state index in [1.54, 1.807) is 7.11 Å². The van der Waals surface area contributed by atoms with E-state index in [0.29, 0.717) is 0 Å². The first kappa shape index (κ1) is 11.9. The van der Waals surface area contributed by atoms with E-state index in [9.17, 15) is 0 Å². The van der Waals surface area contributed by atoms with Gasteiger partial charge in [-0.2, -0.15) is 0 Å². The average molecular weight is 173 g/mol. The van der Waals surface area contributed by atoms with Crippen LogP contribution in [-0.2, 0) is 4.74 Å². The highest BCUT2D eigenvalue weighted by molar-refractivity contribution is 4.59. The van der Waals surface area contributed by atoms with E-state index in [4.69, 9.17) is 4.74 Å². The minimum absolute atomic E-state index is 0.833. The Balaban J connectivity index is 3.26. The molecule has 0 saturated carbocycles. The SMILES string of the molecule is CCNCC(CC)CCCOC. The summed E-state index contributed by atoms with van der Waals surface area (Å²) >= 11 is 0. The Labute approximate surface area is 76.7 Å². The van der Waals surface area contributed by atoms with Gasteiger partial charge in [0, 0.05) is 13.7 Å². The molecule has 0 spiro atoms. The molecule has 0 heterocycles. The molecular weight excluding hydrogens is 150 g/mol. The Hall–Kier alpha value is -0.0800. The summed E-state index contributed by atoms with van der Waals surface area (Å²) in [5, 5.41) is 3.39. The van der Waals surface area contributed by atoms with Crippen molar-refractivity contribution in [3.05, 3.63) is 0 Å². The first-order valence-electron chi connectivity index (χ1n) is 5.04. The Kier molecular flexibility index (Phi) is 8.95. The maximum Gasteiger partial charge on any atom is 0.0462 e. The molecule has 0 rings (SSSR count). The normalized spacial score (nSPS) is 13.2. The zero-order chi connectivity index (χ0) is 9.23. The molecule has 0 aromatic carbocycles. The van der Waals surface area contributed by atoms with Crippen molar-refractivity contribution in [2.75, 3.05) is 26.8 Å². The van der Waals surface area contributed by atoms with Crippen molar-refractivity contribution < 1.29 is 4.74 Å². The topological polar surface area (TPSA) is 21.3 Å².